The van der Waals surface area contributed by atoms with Crippen LogP contribution in [0.5, 0.6) is 0 Å². The van der Waals surface area contributed by atoms with Crippen LogP contribution in [0, 0.1) is 5.92 Å². The van der Waals surface area contributed by atoms with Gasteiger partial charge in [0.25, 0.3) is 0 Å². The summed E-state index contributed by atoms with van der Waals surface area (Å²) < 4.78 is 44.4. The van der Waals surface area contributed by atoms with Crippen molar-refractivity contribution in [2.75, 3.05) is 18.5 Å². The van der Waals surface area contributed by atoms with E-state index in [1.165, 1.54) is 18.6 Å². The number of anilines is 1. The first-order chi connectivity index (χ1) is 10.6. The van der Waals surface area contributed by atoms with Gasteiger partial charge >= 0.3 is 6.18 Å². The average Bonchev–Trinajstić information content (AvgIpc) is 3.15. The third-order valence-electron chi connectivity index (χ3n) is 3.60. The number of pyridine rings is 1. The van der Waals surface area contributed by atoms with E-state index in [1.54, 1.807) is 0 Å². The van der Waals surface area contributed by atoms with Crippen molar-refractivity contribution in [3.05, 3.63) is 36.2 Å². The molecule has 0 aromatic carbocycles. The van der Waals surface area contributed by atoms with Crippen LogP contribution in [0.25, 0.3) is 0 Å². The second-order valence-corrected chi connectivity index (χ2v) is 5.01. The Hall–Kier alpha value is -2.16. The SMILES string of the molecule is FC(F)(F)c1cnccc1NC[C@@H]1CCO[C@@H]1c1ncn[nH]1. The number of ether oxygens (including phenoxy) is 1. The number of rotatable bonds is 4. The van der Waals surface area contributed by atoms with Crippen molar-refractivity contribution in [2.24, 2.45) is 5.92 Å². The molecule has 118 valence electrons. The quantitative estimate of drug-likeness (QED) is 0.906. The molecule has 3 rings (SSSR count). The molecule has 0 spiro atoms. The van der Waals surface area contributed by atoms with Crippen molar-refractivity contribution in [2.45, 2.75) is 18.7 Å². The minimum Gasteiger partial charge on any atom is -0.384 e. The fourth-order valence-electron chi connectivity index (χ4n) is 2.51. The average molecular weight is 313 g/mol. The first-order valence-corrected chi connectivity index (χ1v) is 6.77. The van der Waals surface area contributed by atoms with E-state index in [-0.39, 0.29) is 17.7 Å². The minimum atomic E-state index is -4.44. The molecule has 2 atom stereocenters. The lowest BCUT2D eigenvalue weighted by atomic mass is 10.0. The van der Waals surface area contributed by atoms with Gasteiger partial charge in [0.15, 0.2) is 5.82 Å². The monoisotopic (exact) mass is 313 g/mol. The van der Waals surface area contributed by atoms with Crippen molar-refractivity contribution >= 4 is 5.69 Å². The lowest BCUT2D eigenvalue weighted by Crippen LogP contribution is -2.20. The van der Waals surface area contributed by atoms with Crippen LogP contribution in [0.1, 0.15) is 23.9 Å². The van der Waals surface area contributed by atoms with E-state index in [2.05, 4.69) is 25.5 Å². The van der Waals surface area contributed by atoms with Gasteiger partial charge in [-0.1, -0.05) is 0 Å². The molecule has 0 radical (unpaired) electrons. The third kappa shape index (κ3) is 3.03. The summed E-state index contributed by atoms with van der Waals surface area (Å²) >= 11 is 0. The molecule has 2 aromatic heterocycles. The zero-order valence-electron chi connectivity index (χ0n) is 11.5. The van der Waals surface area contributed by atoms with Crippen LogP contribution in [0.15, 0.2) is 24.8 Å². The van der Waals surface area contributed by atoms with E-state index < -0.39 is 11.7 Å². The van der Waals surface area contributed by atoms with E-state index in [4.69, 9.17) is 4.74 Å². The summed E-state index contributed by atoms with van der Waals surface area (Å²) in [6.45, 7) is 0.888. The number of halogens is 3. The Bertz CT molecular complexity index is 616. The maximum Gasteiger partial charge on any atom is 0.419 e. The maximum absolute atomic E-state index is 12.9. The Morgan fingerprint density at radius 3 is 3.00 bits per heavy atom. The molecular weight excluding hydrogens is 299 g/mol. The topological polar surface area (TPSA) is 75.7 Å². The van der Waals surface area contributed by atoms with Gasteiger partial charge in [0.1, 0.15) is 12.4 Å². The number of hydrogen-bond acceptors (Lipinski definition) is 5. The molecule has 2 aromatic rings. The lowest BCUT2D eigenvalue weighted by molar-refractivity contribution is -0.137. The van der Waals surface area contributed by atoms with Crippen LogP contribution in [0.3, 0.4) is 0 Å². The Morgan fingerprint density at radius 1 is 1.41 bits per heavy atom. The number of H-pyrrole nitrogens is 1. The van der Waals surface area contributed by atoms with Crippen molar-refractivity contribution in [3.8, 4) is 0 Å². The minimum absolute atomic E-state index is 0.0159. The summed E-state index contributed by atoms with van der Waals surface area (Å²) in [4.78, 5) is 7.59. The molecular formula is C13H14F3N5O. The van der Waals surface area contributed by atoms with Gasteiger partial charge in [-0.15, -0.1) is 0 Å². The molecule has 1 saturated heterocycles. The largest absolute Gasteiger partial charge is 0.419 e. The van der Waals surface area contributed by atoms with Gasteiger partial charge in [0, 0.05) is 37.2 Å². The van der Waals surface area contributed by atoms with Crippen LogP contribution in [0.2, 0.25) is 0 Å². The molecule has 1 fully saturated rings. The molecule has 0 bridgehead atoms. The first kappa shape index (κ1) is 14.8. The molecule has 3 heterocycles. The van der Waals surface area contributed by atoms with Crippen molar-refractivity contribution in [3.63, 3.8) is 0 Å². The highest BCUT2D eigenvalue weighted by atomic mass is 19.4. The van der Waals surface area contributed by atoms with E-state index in [1.807, 2.05) is 0 Å². The molecule has 0 aliphatic carbocycles. The smallest absolute Gasteiger partial charge is 0.384 e. The highest BCUT2D eigenvalue weighted by Gasteiger charge is 2.35. The van der Waals surface area contributed by atoms with E-state index in [0.29, 0.717) is 19.0 Å². The zero-order chi connectivity index (χ0) is 15.6. The predicted octanol–water partition coefficient (Wildman–Crippen LogP) is 2.41. The second-order valence-electron chi connectivity index (χ2n) is 5.01. The highest BCUT2D eigenvalue weighted by Crippen LogP contribution is 2.36. The summed E-state index contributed by atoms with van der Waals surface area (Å²) in [7, 11) is 0. The van der Waals surface area contributed by atoms with Gasteiger partial charge in [0.2, 0.25) is 0 Å². The summed E-state index contributed by atoms with van der Waals surface area (Å²) in [5.74, 6) is 0.609. The highest BCUT2D eigenvalue weighted by molar-refractivity contribution is 5.51. The lowest BCUT2D eigenvalue weighted by Gasteiger charge is -2.19. The predicted molar refractivity (Wildman–Crippen MR) is 70.9 cm³/mol. The Kier molecular flexibility index (Phi) is 3.97. The summed E-state index contributed by atoms with van der Waals surface area (Å²) in [5, 5.41) is 9.36. The number of alkyl halides is 3. The molecule has 1 aliphatic heterocycles. The fraction of sp³-hybridized carbons (Fsp3) is 0.462. The van der Waals surface area contributed by atoms with E-state index in [9.17, 15) is 13.2 Å². The van der Waals surface area contributed by atoms with Crippen LogP contribution < -0.4 is 5.32 Å². The van der Waals surface area contributed by atoms with Gasteiger partial charge < -0.3 is 10.1 Å². The zero-order valence-corrected chi connectivity index (χ0v) is 11.5. The Labute approximate surface area is 124 Å². The van der Waals surface area contributed by atoms with E-state index >= 15 is 0 Å². The first-order valence-electron chi connectivity index (χ1n) is 6.77. The van der Waals surface area contributed by atoms with Crippen molar-refractivity contribution in [1.29, 1.82) is 0 Å². The molecule has 0 unspecified atom stereocenters. The van der Waals surface area contributed by atoms with Gasteiger partial charge in [-0.3, -0.25) is 10.1 Å². The number of aromatic nitrogens is 4. The van der Waals surface area contributed by atoms with Gasteiger partial charge in [-0.25, -0.2) is 4.98 Å². The Balaban J connectivity index is 1.70. The molecule has 6 nitrogen and oxygen atoms in total. The van der Waals surface area contributed by atoms with Crippen LogP contribution in [-0.2, 0) is 10.9 Å². The van der Waals surface area contributed by atoms with E-state index in [0.717, 1.165) is 12.6 Å². The Morgan fingerprint density at radius 2 is 2.27 bits per heavy atom. The molecule has 0 amide bonds. The molecule has 0 saturated carbocycles. The molecule has 22 heavy (non-hydrogen) atoms. The van der Waals surface area contributed by atoms with Crippen LogP contribution in [-0.4, -0.2) is 33.3 Å². The number of nitrogens with zero attached hydrogens (tertiary/aromatic N) is 3. The molecule has 1 aliphatic rings. The third-order valence-corrected chi connectivity index (χ3v) is 3.60. The number of nitrogens with one attached hydrogen (secondary N) is 2. The van der Waals surface area contributed by atoms with Crippen molar-refractivity contribution < 1.29 is 17.9 Å². The summed E-state index contributed by atoms with van der Waals surface area (Å²) in [6.07, 6.45) is -0.451. The van der Waals surface area contributed by atoms with Crippen LogP contribution in [0.4, 0.5) is 18.9 Å². The fourth-order valence-corrected chi connectivity index (χ4v) is 2.51. The second kappa shape index (κ2) is 5.91. The van der Waals surface area contributed by atoms with Crippen LogP contribution >= 0.6 is 0 Å². The normalized spacial score (nSPS) is 22.0. The maximum atomic E-state index is 12.9. The molecule has 9 heteroatoms. The van der Waals surface area contributed by atoms with Gasteiger partial charge in [0.05, 0.1) is 5.56 Å². The summed E-state index contributed by atoms with van der Waals surface area (Å²) in [5.41, 5.74) is -0.754. The number of aromatic amines is 1. The standard InChI is InChI=1S/C13H14F3N5O/c14-13(15,16)9-6-17-3-1-10(9)18-5-8-2-4-22-11(8)12-19-7-20-21-12/h1,3,6-8,11H,2,4-5H2,(H,17,18)(H,19,20,21)/t8-,11-/m0/s1. The van der Waals surface area contributed by atoms with Crippen molar-refractivity contribution in [1.82, 2.24) is 20.2 Å². The van der Waals surface area contributed by atoms with Gasteiger partial charge in [-0.2, -0.15) is 18.3 Å². The van der Waals surface area contributed by atoms with Gasteiger partial charge in [-0.05, 0) is 12.5 Å². The number of hydrogen-bond donors (Lipinski definition) is 2. The summed E-state index contributed by atoms with van der Waals surface area (Å²) in [6, 6.07) is 1.32. The molecule has 2 N–H and O–H groups in total.